The fraction of sp³-hybridized carbons (Fsp3) is 0.286. The molecule has 8 heteroatoms. The molecule has 4 rings (SSSR count). The van der Waals surface area contributed by atoms with Gasteiger partial charge in [0.05, 0.1) is 22.7 Å². The number of thioether (sulfide) groups is 2. The van der Waals surface area contributed by atoms with E-state index >= 15 is 0 Å². The van der Waals surface area contributed by atoms with Crippen LogP contribution < -0.4 is 10.1 Å². The monoisotopic (exact) mass is 428 g/mol. The largest absolute Gasteiger partial charge is 0.491 e. The average Bonchev–Trinajstić information content (AvgIpc) is 3.04. The number of imide groups is 1. The number of hydrogen-bond acceptors (Lipinski definition) is 6. The molecule has 150 valence electrons. The molecule has 1 N–H and O–H groups in total. The van der Waals surface area contributed by atoms with E-state index in [1.54, 1.807) is 11.8 Å². The summed E-state index contributed by atoms with van der Waals surface area (Å²) in [6.45, 7) is 2.37. The highest BCUT2D eigenvalue weighted by atomic mass is 32.2. The van der Waals surface area contributed by atoms with E-state index in [0.29, 0.717) is 24.7 Å². The summed E-state index contributed by atoms with van der Waals surface area (Å²) >= 11 is 2.69. The van der Waals surface area contributed by atoms with Crippen molar-refractivity contribution < 1.29 is 19.1 Å². The van der Waals surface area contributed by atoms with Crippen molar-refractivity contribution >= 4 is 40.6 Å². The summed E-state index contributed by atoms with van der Waals surface area (Å²) < 4.78 is 5.88. The standard InChI is InChI=1S/C21H20N2O4S2/c1-13(23-12-28-17-5-3-2-4-16(17)20(23)25)11-27-15-8-6-14(7-9-15)10-18-19(24)22-21(26)29-18/h2-9,13,18H,10-12H2,1H3,(H,22,24,26). The van der Waals surface area contributed by atoms with E-state index in [1.165, 1.54) is 0 Å². The van der Waals surface area contributed by atoms with Crippen LogP contribution in [-0.4, -0.2) is 45.7 Å². The number of hydrogen-bond donors (Lipinski definition) is 1. The molecule has 29 heavy (non-hydrogen) atoms. The molecular weight excluding hydrogens is 408 g/mol. The highest BCUT2D eigenvalue weighted by Gasteiger charge is 2.31. The van der Waals surface area contributed by atoms with Crippen LogP contribution in [0, 0.1) is 0 Å². The topological polar surface area (TPSA) is 75.7 Å². The molecule has 2 aromatic rings. The fourth-order valence-corrected chi connectivity index (χ4v) is 5.21. The summed E-state index contributed by atoms with van der Waals surface area (Å²) in [6.07, 6.45) is 0.498. The van der Waals surface area contributed by atoms with Crippen molar-refractivity contribution in [3.63, 3.8) is 0 Å². The van der Waals surface area contributed by atoms with Crippen LogP contribution in [-0.2, 0) is 11.2 Å². The van der Waals surface area contributed by atoms with Crippen LogP contribution in [0.4, 0.5) is 4.79 Å². The minimum atomic E-state index is -0.375. The van der Waals surface area contributed by atoms with Gasteiger partial charge in [-0.1, -0.05) is 36.0 Å². The SMILES string of the molecule is CC(COc1ccc(CC2SC(=O)NC2=O)cc1)N1CSc2ccccc2C1=O. The molecule has 2 unspecified atom stereocenters. The molecular formula is C21H20N2O4S2. The van der Waals surface area contributed by atoms with Crippen LogP contribution in [0.1, 0.15) is 22.8 Å². The van der Waals surface area contributed by atoms with Crippen molar-refractivity contribution in [3.8, 4) is 5.75 Å². The molecule has 2 aliphatic rings. The third-order valence-electron chi connectivity index (χ3n) is 4.87. The summed E-state index contributed by atoms with van der Waals surface area (Å²) in [5, 5.41) is 1.63. The smallest absolute Gasteiger partial charge is 0.286 e. The van der Waals surface area contributed by atoms with E-state index < -0.39 is 0 Å². The lowest BCUT2D eigenvalue weighted by molar-refractivity contribution is -0.118. The first-order valence-electron chi connectivity index (χ1n) is 9.27. The second-order valence-electron chi connectivity index (χ2n) is 6.94. The van der Waals surface area contributed by atoms with Gasteiger partial charge in [0, 0.05) is 4.90 Å². The fourth-order valence-electron chi connectivity index (χ4n) is 3.22. The number of ether oxygens (including phenoxy) is 1. The normalized spacial score (nSPS) is 19.7. The molecule has 2 atom stereocenters. The van der Waals surface area contributed by atoms with Gasteiger partial charge in [-0.2, -0.15) is 0 Å². The summed E-state index contributed by atoms with van der Waals surface area (Å²) in [7, 11) is 0. The van der Waals surface area contributed by atoms with Crippen LogP contribution in [0.5, 0.6) is 5.75 Å². The number of fused-ring (bicyclic) bond motifs is 1. The van der Waals surface area contributed by atoms with Crippen LogP contribution in [0.25, 0.3) is 0 Å². The molecule has 0 aromatic heterocycles. The molecule has 1 fully saturated rings. The van der Waals surface area contributed by atoms with Gasteiger partial charge in [0.2, 0.25) is 5.91 Å². The molecule has 0 bridgehead atoms. The van der Waals surface area contributed by atoms with E-state index in [1.807, 2.05) is 60.4 Å². The van der Waals surface area contributed by atoms with Crippen LogP contribution in [0.2, 0.25) is 0 Å². The first-order chi connectivity index (χ1) is 14.0. The zero-order valence-electron chi connectivity index (χ0n) is 15.8. The number of nitrogens with zero attached hydrogens (tertiary/aromatic N) is 1. The maximum atomic E-state index is 12.7. The Labute approximate surface area is 177 Å². The van der Waals surface area contributed by atoms with Crippen molar-refractivity contribution in [2.24, 2.45) is 0 Å². The Bertz CT molecular complexity index is 948. The Morgan fingerprint density at radius 2 is 1.90 bits per heavy atom. The lowest BCUT2D eigenvalue weighted by atomic mass is 10.1. The summed E-state index contributed by atoms with van der Waals surface area (Å²) in [6, 6.07) is 15.1. The van der Waals surface area contributed by atoms with Gasteiger partial charge < -0.3 is 9.64 Å². The van der Waals surface area contributed by atoms with Gasteiger partial charge in [-0.3, -0.25) is 19.7 Å². The number of carbonyl (C=O) groups is 3. The zero-order chi connectivity index (χ0) is 20.4. The molecule has 3 amide bonds. The minimum absolute atomic E-state index is 0.0349. The second-order valence-corrected chi connectivity index (χ2v) is 9.10. The number of nitrogens with one attached hydrogen (secondary N) is 1. The lowest BCUT2D eigenvalue weighted by Gasteiger charge is -2.32. The highest BCUT2D eigenvalue weighted by molar-refractivity contribution is 8.15. The molecule has 0 aliphatic carbocycles. The quantitative estimate of drug-likeness (QED) is 0.758. The second kappa shape index (κ2) is 8.51. The van der Waals surface area contributed by atoms with E-state index in [9.17, 15) is 14.4 Å². The Balaban J connectivity index is 1.32. The van der Waals surface area contributed by atoms with Crippen LogP contribution in [0.15, 0.2) is 53.4 Å². The first kappa shape index (κ1) is 19.8. The Morgan fingerprint density at radius 1 is 1.14 bits per heavy atom. The Morgan fingerprint density at radius 3 is 2.62 bits per heavy atom. The predicted octanol–water partition coefficient (Wildman–Crippen LogP) is 3.55. The third kappa shape index (κ3) is 4.43. The number of amides is 3. The van der Waals surface area contributed by atoms with E-state index in [0.717, 1.165) is 27.8 Å². The van der Waals surface area contributed by atoms with Gasteiger partial charge in [0.25, 0.3) is 11.1 Å². The first-order valence-corrected chi connectivity index (χ1v) is 11.1. The molecule has 6 nitrogen and oxygen atoms in total. The molecule has 2 heterocycles. The summed E-state index contributed by atoms with van der Waals surface area (Å²) in [5.74, 6) is 1.12. The van der Waals surface area contributed by atoms with E-state index in [2.05, 4.69) is 5.32 Å². The molecule has 1 saturated heterocycles. The van der Waals surface area contributed by atoms with E-state index in [4.69, 9.17) is 4.74 Å². The summed E-state index contributed by atoms with van der Waals surface area (Å²) in [4.78, 5) is 38.5. The van der Waals surface area contributed by atoms with Crippen molar-refractivity contribution in [1.29, 1.82) is 0 Å². The molecule has 0 radical (unpaired) electrons. The van der Waals surface area contributed by atoms with Crippen molar-refractivity contribution in [2.45, 2.75) is 29.5 Å². The van der Waals surface area contributed by atoms with Gasteiger partial charge in [-0.15, -0.1) is 11.8 Å². The maximum Gasteiger partial charge on any atom is 0.286 e. The van der Waals surface area contributed by atoms with Gasteiger partial charge >= 0.3 is 0 Å². The molecule has 0 saturated carbocycles. The lowest BCUT2D eigenvalue weighted by Crippen LogP contribution is -2.43. The van der Waals surface area contributed by atoms with Gasteiger partial charge in [0.15, 0.2) is 0 Å². The summed E-state index contributed by atoms with van der Waals surface area (Å²) in [5.41, 5.74) is 1.71. The molecule has 2 aliphatic heterocycles. The molecule has 0 spiro atoms. The van der Waals surface area contributed by atoms with Crippen molar-refractivity contribution in [3.05, 3.63) is 59.7 Å². The Kier molecular flexibility index (Phi) is 5.82. The number of carbonyl (C=O) groups excluding carboxylic acids is 3. The van der Waals surface area contributed by atoms with Gasteiger partial charge in [0.1, 0.15) is 12.4 Å². The van der Waals surface area contributed by atoms with Gasteiger partial charge in [-0.25, -0.2) is 0 Å². The number of rotatable bonds is 6. The third-order valence-corrected chi connectivity index (χ3v) is 6.93. The Hall–Kier alpha value is -2.45. The zero-order valence-corrected chi connectivity index (χ0v) is 17.4. The predicted molar refractivity (Wildman–Crippen MR) is 113 cm³/mol. The van der Waals surface area contributed by atoms with Crippen molar-refractivity contribution in [2.75, 3.05) is 12.5 Å². The maximum absolute atomic E-state index is 12.7. The van der Waals surface area contributed by atoms with Crippen LogP contribution >= 0.6 is 23.5 Å². The number of benzene rings is 2. The molecule has 2 aromatic carbocycles. The van der Waals surface area contributed by atoms with Gasteiger partial charge in [-0.05, 0) is 43.2 Å². The van der Waals surface area contributed by atoms with Crippen molar-refractivity contribution in [1.82, 2.24) is 10.2 Å². The average molecular weight is 429 g/mol. The minimum Gasteiger partial charge on any atom is -0.491 e. The highest BCUT2D eigenvalue weighted by Crippen LogP contribution is 2.31. The van der Waals surface area contributed by atoms with E-state index in [-0.39, 0.29) is 28.3 Å². The van der Waals surface area contributed by atoms with Crippen LogP contribution in [0.3, 0.4) is 0 Å².